The van der Waals surface area contributed by atoms with Gasteiger partial charge in [0.2, 0.25) is 17.9 Å². The number of hydrazine groups is 1. The van der Waals surface area contributed by atoms with E-state index in [4.69, 9.17) is 9.47 Å². The van der Waals surface area contributed by atoms with Crippen molar-refractivity contribution in [3.63, 3.8) is 0 Å². The van der Waals surface area contributed by atoms with E-state index in [0.29, 0.717) is 11.5 Å². The monoisotopic (exact) mass is 383 g/mol. The SMILES string of the molecule is CC(=O)N[C@H](CC(=O)NNC(=O)[C@@H]1COc2ccccc2O1)c1ccccc1. The summed E-state index contributed by atoms with van der Waals surface area (Å²) in [5.41, 5.74) is 5.48. The fraction of sp³-hybridized carbons (Fsp3) is 0.250. The standard InChI is InChI=1S/C20H21N3O5/c1-13(24)21-15(14-7-3-2-4-8-14)11-19(25)22-23-20(26)18-12-27-16-9-5-6-10-17(16)28-18/h2-10,15,18H,11-12H2,1H3,(H,21,24)(H,22,25)(H,23,26)/t15-,18+/m1/s1. The molecule has 3 amide bonds. The molecule has 1 heterocycles. The zero-order chi connectivity index (χ0) is 19.9. The minimum Gasteiger partial charge on any atom is -0.485 e. The Morgan fingerprint density at radius 1 is 1.00 bits per heavy atom. The number of para-hydroxylation sites is 2. The molecule has 0 radical (unpaired) electrons. The predicted molar refractivity (Wildman–Crippen MR) is 100 cm³/mol. The summed E-state index contributed by atoms with van der Waals surface area (Å²) in [6.45, 7) is 1.42. The Morgan fingerprint density at radius 2 is 1.68 bits per heavy atom. The van der Waals surface area contributed by atoms with Gasteiger partial charge in [-0.2, -0.15) is 0 Å². The van der Waals surface area contributed by atoms with E-state index in [0.717, 1.165) is 5.56 Å². The number of ether oxygens (including phenoxy) is 2. The number of nitrogens with one attached hydrogen (secondary N) is 3. The summed E-state index contributed by atoms with van der Waals surface area (Å²) < 4.78 is 11.1. The minimum absolute atomic E-state index is 0.0330. The molecule has 3 N–H and O–H groups in total. The molecule has 2 aromatic rings. The van der Waals surface area contributed by atoms with Crippen LogP contribution in [0.3, 0.4) is 0 Å². The van der Waals surface area contributed by atoms with E-state index < -0.39 is 24.0 Å². The lowest BCUT2D eigenvalue weighted by molar-refractivity contribution is -0.135. The van der Waals surface area contributed by atoms with Crippen LogP contribution >= 0.6 is 0 Å². The molecular weight excluding hydrogens is 362 g/mol. The van der Waals surface area contributed by atoms with Gasteiger partial charge in [0.1, 0.15) is 6.61 Å². The topological polar surface area (TPSA) is 106 Å². The number of fused-ring (bicyclic) bond motifs is 1. The number of hydrogen-bond acceptors (Lipinski definition) is 5. The van der Waals surface area contributed by atoms with E-state index in [1.165, 1.54) is 6.92 Å². The molecule has 0 saturated carbocycles. The van der Waals surface area contributed by atoms with Gasteiger partial charge in [-0.25, -0.2) is 0 Å². The molecule has 146 valence electrons. The molecule has 0 saturated heterocycles. The summed E-state index contributed by atoms with van der Waals surface area (Å²) in [5, 5.41) is 2.73. The Morgan fingerprint density at radius 3 is 2.39 bits per heavy atom. The highest BCUT2D eigenvalue weighted by Crippen LogP contribution is 2.30. The third-order valence-electron chi connectivity index (χ3n) is 4.10. The Labute approximate surface area is 162 Å². The molecule has 0 bridgehead atoms. The summed E-state index contributed by atoms with van der Waals surface area (Å²) in [4.78, 5) is 35.9. The molecule has 1 aliphatic heterocycles. The zero-order valence-electron chi connectivity index (χ0n) is 15.3. The van der Waals surface area contributed by atoms with Crippen LogP contribution in [0.4, 0.5) is 0 Å². The molecule has 0 aromatic heterocycles. The molecule has 2 atom stereocenters. The van der Waals surface area contributed by atoms with Crippen LogP contribution in [0.25, 0.3) is 0 Å². The lowest BCUT2D eigenvalue weighted by Gasteiger charge is -2.25. The van der Waals surface area contributed by atoms with Crippen LogP contribution in [0.1, 0.15) is 24.9 Å². The predicted octanol–water partition coefficient (Wildman–Crippen LogP) is 1.24. The first-order valence-corrected chi connectivity index (χ1v) is 8.82. The highest BCUT2D eigenvalue weighted by molar-refractivity contribution is 5.85. The average molecular weight is 383 g/mol. The van der Waals surface area contributed by atoms with Crippen molar-refractivity contribution in [2.45, 2.75) is 25.5 Å². The van der Waals surface area contributed by atoms with Gasteiger partial charge in [0.25, 0.3) is 5.91 Å². The minimum atomic E-state index is -0.879. The quantitative estimate of drug-likeness (QED) is 0.674. The van der Waals surface area contributed by atoms with Gasteiger partial charge in [0.15, 0.2) is 11.5 Å². The molecule has 0 unspecified atom stereocenters. The van der Waals surface area contributed by atoms with Gasteiger partial charge < -0.3 is 14.8 Å². The Balaban J connectivity index is 1.53. The second kappa shape index (κ2) is 8.90. The summed E-state index contributed by atoms with van der Waals surface area (Å²) in [6.07, 6.45) is -0.912. The maximum Gasteiger partial charge on any atom is 0.283 e. The number of rotatable bonds is 5. The van der Waals surface area contributed by atoms with Crippen molar-refractivity contribution >= 4 is 17.7 Å². The van der Waals surface area contributed by atoms with E-state index in [1.807, 2.05) is 30.3 Å². The van der Waals surface area contributed by atoms with Crippen LogP contribution in [0.2, 0.25) is 0 Å². The van der Waals surface area contributed by atoms with Crippen LogP contribution in [0.5, 0.6) is 11.5 Å². The molecule has 2 aromatic carbocycles. The average Bonchev–Trinajstić information content (AvgIpc) is 2.71. The zero-order valence-corrected chi connectivity index (χ0v) is 15.3. The van der Waals surface area contributed by atoms with Crippen molar-refractivity contribution < 1.29 is 23.9 Å². The van der Waals surface area contributed by atoms with Gasteiger partial charge in [0.05, 0.1) is 12.5 Å². The van der Waals surface area contributed by atoms with Crippen molar-refractivity contribution in [1.29, 1.82) is 0 Å². The van der Waals surface area contributed by atoms with Crippen LogP contribution in [0, 0.1) is 0 Å². The van der Waals surface area contributed by atoms with Crippen molar-refractivity contribution in [3.05, 3.63) is 60.2 Å². The Kier molecular flexibility index (Phi) is 6.11. The molecule has 8 nitrogen and oxygen atoms in total. The van der Waals surface area contributed by atoms with Crippen molar-refractivity contribution in [2.24, 2.45) is 0 Å². The van der Waals surface area contributed by atoms with Crippen LogP contribution < -0.4 is 25.6 Å². The third kappa shape index (κ3) is 5.00. The fourth-order valence-electron chi connectivity index (χ4n) is 2.78. The lowest BCUT2D eigenvalue weighted by atomic mass is 10.0. The number of amides is 3. The Hall–Kier alpha value is -3.55. The van der Waals surface area contributed by atoms with Gasteiger partial charge in [0, 0.05) is 6.92 Å². The molecule has 8 heteroatoms. The highest BCUT2D eigenvalue weighted by Gasteiger charge is 2.27. The summed E-state index contributed by atoms with van der Waals surface area (Å²) >= 11 is 0. The second-order valence-electron chi connectivity index (χ2n) is 6.27. The number of benzene rings is 2. The van der Waals surface area contributed by atoms with Gasteiger partial charge >= 0.3 is 0 Å². The number of carbonyl (C=O) groups excluding carboxylic acids is 3. The molecule has 0 spiro atoms. The molecule has 0 fully saturated rings. The molecular formula is C20H21N3O5. The first-order chi connectivity index (χ1) is 13.5. The fourth-order valence-corrected chi connectivity index (χ4v) is 2.78. The summed E-state index contributed by atoms with van der Waals surface area (Å²) in [7, 11) is 0. The Bertz CT molecular complexity index is 856. The van der Waals surface area contributed by atoms with Crippen molar-refractivity contribution in [2.75, 3.05) is 6.61 Å². The molecule has 1 aliphatic rings. The van der Waals surface area contributed by atoms with Gasteiger partial charge in [-0.3, -0.25) is 25.2 Å². The van der Waals surface area contributed by atoms with E-state index in [2.05, 4.69) is 16.2 Å². The van der Waals surface area contributed by atoms with Gasteiger partial charge in [-0.15, -0.1) is 0 Å². The second-order valence-corrected chi connectivity index (χ2v) is 6.27. The number of carbonyl (C=O) groups is 3. The molecule has 0 aliphatic carbocycles. The van der Waals surface area contributed by atoms with Crippen LogP contribution in [-0.2, 0) is 14.4 Å². The normalized spacial score (nSPS) is 15.8. The lowest BCUT2D eigenvalue weighted by Crippen LogP contribution is -2.51. The van der Waals surface area contributed by atoms with Gasteiger partial charge in [-0.1, -0.05) is 42.5 Å². The third-order valence-corrected chi connectivity index (χ3v) is 4.10. The van der Waals surface area contributed by atoms with Crippen LogP contribution in [-0.4, -0.2) is 30.4 Å². The van der Waals surface area contributed by atoms with Crippen LogP contribution in [0.15, 0.2) is 54.6 Å². The summed E-state index contributed by atoms with van der Waals surface area (Å²) in [5.74, 6) is -0.199. The first kappa shape index (κ1) is 19.2. The first-order valence-electron chi connectivity index (χ1n) is 8.82. The maximum absolute atomic E-state index is 12.2. The molecule has 3 rings (SSSR count). The number of hydrogen-bond donors (Lipinski definition) is 3. The van der Waals surface area contributed by atoms with E-state index in [1.54, 1.807) is 24.3 Å². The van der Waals surface area contributed by atoms with Crippen molar-refractivity contribution in [1.82, 2.24) is 16.2 Å². The molecule has 28 heavy (non-hydrogen) atoms. The largest absolute Gasteiger partial charge is 0.485 e. The van der Waals surface area contributed by atoms with E-state index in [-0.39, 0.29) is 18.9 Å². The van der Waals surface area contributed by atoms with E-state index >= 15 is 0 Å². The highest BCUT2D eigenvalue weighted by atomic mass is 16.6. The van der Waals surface area contributed by atoms with E-state index in [9.17, 15) is 14.4 Å². The smallest absolute Gasteiger partial charge is 0.283 e. The summed E-state index contributed by atoms with van der Waals surface area (Å²) in [6, 6.07) is 15.6. The van der Waals surface area contributed by atoms with Crippen molar-refractivity contribution in [3.8, 4) is 11.5 Å². The maximum atomic E-state index is 12.2. The van der Waals surface area contributed by atoms with Gasteiger partial charge in [-0.05, 0) is 17.7 Å².